The molecule has 2 saturated carbocycles. The lowest BCUT2D eigenvalue weighted by Gasteiger charge is -2.24. The van der Waals surface area contributed by atoms with Crippen molar-refractivity contribution in [1.29, 1.82) is 0 Å². The number of sulfonamides is 1. The summed E-state index contributed by atoms with van der Waals surface area (Å²) < 4.78 is 26.3. The van der Waals surface area contributed by atoms with Crippen LogP contribution in [-0.4, -0.2) is 44.2 Å². The Labute approximate surface area is 111 Å². The average Bonchev–Trinajstić information content (AvgIpc) is 3.02. The van der Waals surface area contributed by atoms with E-state index < -0.39 is 10.0 Å². The van der Waals surface area contributed by atoms with E-state index in [9.17, 15) is 8.42 Å². The highest BCUT2D eigenvalue weighted by Crippen LogP contribution is 2.26. The third-order valence-electron chi connectivity index (χ3n) is 4.20. The van der Waals surface area contributed by atoms with Crippen molar-refractivity contribution >= 4 is 10.0 Å². The fraction of sp³-hybridized carbons (Fsp3) is 1.00. The maximum absolute atomic E-state index is 12.3. The van der Waals surface area contributed by atoms with Crippen molar-refractivity contribution in [3.8, 4) is 0 Å². The van der Waals surface area contributed by atoms with Gasteiger partial charge < -0.3 is 5.32 Å². The molecule has 18 heavy (non-hydrogen) atoms. The quantitative estimate of drug-likeness (QED) is 0.767. The Hall–Kier alpha value is -0.130. The van der Waals surface area contributed by atoms with E-state index in [1.165, 1.54) is 38.5 Å². The van der Waals surface area contributed by atoms with Crippen molar-refractivity contribution in [2.24, 2.45) is 5.92 Å². The molecular formula is C13H26N2O2S. The second-order valence-corrected chi connectivity index (χ2v) is 8.43. The van der Waals surface area contributed by atoms with Crippen molar-refractivity contribution in [3.05, 3.63) is 0 Å². The predicted molar refractivity (Wildman–Crippen MR) is 74.0 cm³/mol. The summed E-state index contributed by atoms with van der Waals surface area (Å²) in [5, 5.41) is 2.99. The smallest absolute Gasteiger partial charge is 0.217 e. The van der Waals surface area contributed by atoms with E-state index in [1.54, 1.807) is 11.4 Å². The molecule has 2 aliphatic carbocycles. The molecule has 0 bridgehead atoms. The molecule has 4 nitrogen and oxygen atoms in total. The zero-order valence-corrected chi connectivity index (χ0v) is 12.4. The summed E-state index contributed by atoms with van der Waals surface area (Å²) in [4.78, 5) is 0. The number of nitrogens with one attached hydrogen (secondary N) is 1. The molecule has 1 N–H and O–H groups in total. The van der Waals surface area contributed by atoms with E-state index in [0.29, 0.717) is 25.0 Å². The fourth-order valence-corrected chi connectivity index (χ4v) is 4.03. The van der Waals surface area contributed by atoms with E-state index in [0.717, 1.165) is 0 Å². The fourth-order valence-electron chi connectivity index (χ4n) is 2.69. The minimum Gasteiger partial charge on any atom is -0.313 e. The highest BCUT2D eigenvalue weighted by molar-refractivity contribution is 7.89. The molecule has 0 amide bonds. The molecule has 1 atom stereocenters. The predicted octanol–water partition coefficient (Wildman–Crippen LogP) is 1.58. The van der Waals surface area contributed by atoms with Gasteiger partial charge in [0.2, 0.25) is 10.0 Å². The van der Waals surface area contributed by atoms with E-state index in [4.69, 9.17) is 0 Å². The van der Waals surface area contributed by atoms with E-state index in [2.05, 4.69) is 5.32 Å². The molecule has 0 aliphatic heterocycles. The number of hydrogen-bond acceptors (Lipinski definition) is 3. The van der Waals surface area contributed by atoms with Gasteiger partial charge in [-0.2, -0.15) is 0 Å². The lowest BCUT2D eigenvalue weighted by Crippen LogP contribution is -2.42. The van der Waals surface area contributed by atoms with Crippen LogP contribution < -0.4 is 5.32 Å². The summed E-state index contributed by atoms with van der Waals surface area (Å²) >= 11 is 0. The Balaban J connectivity index is 1.82. The lowest BCUT2D eigenvalue weighted by atomic mass is 10.1. The molecule has 0 radical (unpaired) electrons. The first-order chi connectivity index (χ1) is 8.50. The standard InChI is InChI=1S/C13H26N2O2S/c1-11(9-14-13-7-8-13)18(16,17)15(2)10-12-5-3-4-6-12/h11-14H,3-10H2,1-2H3. The van der Waals surface area contributed by atoms with E-state index in [-0.39, 0.29) is 5.25 Å². The molecule has 0 aromatic heterocycles. The van der Waals surface area contributed by atoms with Crippen LogP contribution in [0.1, 0.15) is 45.4 Å². The van der Waals surface area contributed by atoms with E-state index >= 15 is 0 Å². The van der Waals surface area contributed by atoms with Gasteiger partial charge in [0.25, 0.3) is 0 Å². The van der Waals surface area contributed by atoms with Crippen molar-refractivity contribution in [3.63, 3.8) is 0 Å². The van der Waals surface area contributed by atoms with Crippen molar-refractivity contribution < 1.29 is 8.42 Å². The molecule has 2 aliphatic rings. The van der Waals surface area contributed by atoms with Crippen molar-refractivity contribution in [2.45, 2.75) is 56.7 Å². The van der Waals surface area contributed by atoms with Gasteiger partial charge in [0.15, 0.2) is 0 Å². The zero-order valence-electron chi connectivity index (χ0n) is 11.6. The average molecular weight is 274 g/mol. The number of hydrogen-bond donors (Lipinski definition) is 1. The minimum atomic E-state index is -3.12. The first-order valence-electron chi connectivity index (χ1n) is 7.18. The van der Waals surface area contributed by atoms with Crippen molar-refractivity contribution in [2.75, 3.05) is 20.1 Å². The van der Waals surface area contributed by atoms with Gasteiger partial charge in [-0.15, -0.1) is 0 Å². The van der Waals surface area contributed by atoms with Gasteiger partial charge >= 0.3 is 0 Å². The Kier molecular flexibility index (Phi) is 4.67. The molecule has 2 fully saturated rings. The normalized spacial score (nSPS) is 23.7. The zero-order chi connectivity index (χ0) is 13.2. The Morgan fingerprint density at radius 2 is 1.83 bits per heavy atom. The number of rotatable bonds is 7. The van der Waals surface area contributed by atoms with Gasteiger partial charge in [0.1, 0.15) is 0 Å². The Bertz CT molecular complexity index is 359. The summed E-state index contributed by atoms with van der Waals surface area (Å²) in [5.74, 6) is 0.577. The van der Waals surface area contributed by atoms with Crippen LogP contribution in [0, 0.1) is 5.92 Å². The highest BCUT2D eigenvalue weighted by atomic mass is 32.2. The van der Waals surface area contributed by atoms with Crippen LogP contribution in [0.25, 0.3) is 0 Å². The molecule has 0 aromatic carbocycles. The van der Waals surface area contributed by atoms with Crippen LogP contribution in [0.3, 0.4) is 0 Å². The SMILES string of the molecule is CC(CNC1CC1)S(=O)(=O)N(C)CC1CCCC1. The second kappa shape index (κ2) is 5.88. The van der Waals surface area contributed by atoms with Gasteiger partial charge in [-0.25, -0.2) is 12.7 Å². The van der Waals surface area contributed by atoms with Gasteiger partial charge in [-0.1, -0.05) is 12.8 Å². The van der Waals surface area contributed by atoms with Crippen LogP contribution >= 0.6 is 0 Å². The Morgan fingerprint density at radius 3 is 2.39 bits per heavy atom. The molecule has 106 valence electrons. The van der Waals surface area contributed by atoms with Gasteiger partial charge in [0, 0.05) is 26.2 Å². The van der Waals surface area contributed by atoms with Gasteiger partial charge in [0.05, 0.1) is 5.25 Å². The first-order valence-corrected chi connectivity index (χ1v) is 8.69. The van der Waals surface area contributed by atoms with Gasteiger partial charge in [-0.3, -0.25) is 0 Å². The highest BCUT2D eigenvalue weighted by Gasteiger charge is 2.30. The molecule has 0 spiro atoms. The van der Waals surface area contributed by atoms with Crippen LogP contribution in [-0.2, 0) is 10.0 Å². The monoisotopic (exact) mass is 274 g/mol. The largest absolute Gasteiger partial charge is 0.313 e. The summed E-state index contributed by atoms with van der Waals surface area (Å²) in [6, 6.07) is 0.572. The minimum absolute atomic E-state index is 0.315. The Morgan fingerprint density at radius 1 is 1.22 bits per heavy atom. The maximum Gasteiger partial charge on any atom is 0.217 e. The first kappa shape index (κ1) is 14.3. The maximum atomic E-state index is 12.3. The van der Waals surface area contributed by atoms with E-state index in [1.807, 2.05) is 6.92 Å². The number of nitrogens with zero attached hydrogens (tertiary/aromatic N) is 1. The summed E-state index contributed by atoms with van der Waals surface area (Å²) in [6.45, 7) is 3.11. The van der Waals surface area contributed by atoms with Crippen LogP contribution in [0.4, 0.5) is 0 Å². The summed E-state index contributed by atoms with van der Waals surface area (Å²) in [7, 11) is -1.39. The van der Waals surface area contributed by atoms with Crippen LogP contribution in [0.2, 0.25) is 0 Å². The summed E-state index contributed by atoms with van der Waals surface area (Å²) in [5.41, 5.74) is 0. The topological polar surface area (TPSA) is 49.4 Å². The molecule has 0 aromatic rings. The lowest BCUT2D eigenvalue weighted by molar-refractivity contribution is 0.382. The molecule has 5 heteroatoms. The molecule has 0 saturated heterocycles. The molecular weight excluding hydrogens is 248 g/mol. The van der Waals surface area contributed by atoms with Gasteiger partial charge in [-0.05, 0) is 38.5 Å². The second-order valence-electron chi connectivity index (χ2n) is 5.97. The third-order valence-corrected chi connectivity index (χ3v) is 6.41. The molecule has 0 heterocycles. The summed E-state index contributed by atoms with van der Waals surface area (Å²) in [6.07, 6.45) is 7.30. The third kappa shape index (κ3) is 3.68. The van der Waals surface area contributed by atoms with Crippen LogP contribution in [0.5, 0.6) is 0 Å². The molecule has 2 rings (SSSR count). The molecule has 1 unspecified atom stereocenters. The van der Waals surface area contributed by atoms with Crippen molar-refractivity contribution in [1.82, 2.24) is 9.62 Å². The van der Waals surface area contributed by atoms with Crippen LogP contribution in [0.15, 0.2) is 0 Å².